The zero-order valence-electron chi connectivity index (χ0n) is 9.83. The van der Waals surface area contributed by atoms with Gasteiger partial charge in [0.25, 0.3) is 0 Å². The zero-order chi connectivity index (χ0) is 11.4. The normalized spacial score (nSPS) is 10.5. The Hall–Kier alpha value is -1.31. The molecule has 0 N–H and O–H groups in total. The summed E-state index contributed by atoms with van der Waals surface area (Å²) in [4.78, 5) is 11.5. The molecule has 0 bridgehead atoms. The first-order chi connectivity index (χ1) is 7.04. The molecule has 2 heteroatoms. The van der Waals surface area contributed by atoms with E-state index in [2.05, 4.69) is 0 Å². The van der Waals surface area contributed by atoms with Gasteiger partial charge in [0, 0.05) is 12.0 Å². The Balaban J connectivity index is 2.93. The van der Waals surface area contributed by atoms with Crippen molar-refractivity contribution in [2.45, 2.75) is 40.2 Å². The average Bonchev–Trinajstić information content (AvgIpc) is 2.16. The van der Waals surface area contributed by atoms with Crippen LogP contribution in [-0.2, 0) is 0 Å². The van der Waals surface area contributed by atoms with Gasteiger partial charge < -0.3 is 4.74 Å². The van der Waals surface area contributed by atoms with Crippen LogP contribution in [-0.4, -0.2) is 11.9 Å². The molecule has 0 radical (unpaired) electrons. The van der Waals surface area contributed by atoms with Crippen molar-refractivity contribution in [2.75, 3.05) is 0 Å². The van der Waals surface area contributed by atoms with Gasteiger partial charge in [-0.2, -0.15) is 0 Å². The van der Waals surface area contributed by atoms with E-state index in [-0.39, 0.29) is 11.9 Å². The van der Waals surface area contributed by atoms with Crippen LogP contribution in [0.2, 0.25) is 0 Å². The lowest BCUT2D eigenvalue weighted by atomic mass is 10.0. The molecule has 1 aromatic rings. The highest BCUT2D eigenvalue weighted by Gasteiger charge is 2.08. The standard InChI is InChI=1S/C13H18O2/c1-5-13(14)12-7-6-11(8-10(12)4)15-9(2)3/h6-9H,5H2,1-4H3. The topological polar surface area (TPSA) is 26.3 Å². The number of ketones is 1. The third-order valence-corrected chi connectivity index (χ3v) is 2.19. The fourth-order valence-electron chi connectivity index (χ4n) is 1.48. The first kappa shape index (κ1) is 11.8. The Labute approximate surface area is 91.3 Å². The zero-order valence-corrected chi connectivity index (χ0v) is 9.83. The molecular formula is C13H18O2. The van der Waals surface area contributed by atoms with Gasteiger partial charge in [0.2, 0.25) is 0 Å². The average molecular weight is 206 g/mol. The van der Waals surface area contributed by atoms with Crippen LogP contribution < -0.4 is 4.74 Å². The van der Waals surface area contributed by atoms with Crippen LogP contribution in [0.4, 0.5) is 0 Å². The molecule has 0 heterocycles. The van der Waals surface area contributed by atoms with E-state index in [0.29, 0.717) is 6.42 Å². The summed E-state index contributed by atoms with van der Waals surface area (Å²) >= 11 is 0. The Morgan fingerprint density at radius 1 is 1.40 bits per heavy atom. The summed E-state index contributed by atoms with van der Waals surface area (Å²) in [5, 5.41) is 0. The number of carbonyl (C=O) groups is 1. The molecule has 82 valence electrons. The van der Waals surface area contributed by atoms with Gasteiger partial charge in [-0.05, 0) is 44.5 Å². The SMILES string of the molecule is CCC(=O)c1ccc(OC(C)C)cc1C. The second-order valence-electron chi connectivity index (χ2n) is 3.92. The van der Waals surface area contributed by atoms with Gasteiger partial charge in [0.15, 0.2) is 5.78 Å². The van der Waals surface area contributed by atoms with Crippen molar-refractivity contribution in [3.8, 4) is 5.75 Å². The van der Waals surface area contributed by atoms with E-state index in [1.54, 1.807) is 0 Å². The summed E-state index contributed by atoms with van der Waals surface area (Å²) in [5.41, 5.74) is 1.79. The molecule has 0 aromatic heterocycles. The first-order valence-corrected chi connectivity index (χ1v) is 5.35. The molecule has 15 heavy (non-hydrogen) atoms. The minimum Gasteiger partial charge on any atom is -0.491 e. The summed E-state index contributed by atoms with van der Waals surface area (Å²) in [6.07, 6.45) is 0.711. The Kier molecular flexibility index (Phi) is 3.89. The number of hydrogen-bond acceptors (Lipinski definition) is 2. The fourth-order valence-corrected chi connectivity index (χ4v) is 1.48. The fraction of sp³-hybridized carbons (Fsp3) is 0.462. The third kappa shape index (κ3) is 3.08. The lowest BCUT2D eigenvalue weighted by Crippen LogP contribution is -2.06. The number of benzene rings is 1. The summed E-state index contributed by atoms with van der Waals surface area (Å²) in [6, 6.07) is 5.62. The van der Waals surface area contributed by atoms with Gasteiger partial charge in [0.1, 0.15) is 5.75 Å². The molecule has 0 saturated heterocycles. The number of Topliss-reactive ketones (excluding diaryl/α,β-unsaturated/α-hetero) is 1. The van der Waals surface area contributed by atoms with Gasteiger partial charge in [-0.3, -0.25) is 4.79 Å². The van der Waals surface area contributed by atoms with Crippen molar-refractivity contribution < 1.29 is 9.53 Å². The Bertz CT molecular complexity index is 354. The number of carbonyl (C=O) groups excluding carboxylic acids is 1. The molecule has 0 spiro atoms. The van der Waals surface area contributed by atoms with Crippen LogP contribution in [0, 0.1) is 6.92 Å². The highest BCUT2D eigenvalue weighted by atomic mass is 16.5. The van der Waals surface area contributed by atoms with E-state index >= 15 is 0 Å². The number of ether oxygens (including phenoxy) is 1. The third-order valence-electron chi connectivity index (χ3n) is 2.19. The first-order valence-electron chi connectivity index (χ1n) is 5.35. The van der Waals surface area contributed by atoms with Crippen molar-refractivity contribution in [2.24, 2.45) is 0 Å². The maximum absolute atomic E-state index is 11.5. The van der Waals surface area contributed by atoms with E-state index in [9.17, 15) is 4.79 Å². The van der Waals surface area contributed by atoms with Crippen LogP contribution >= 0.6 is 0 Å². The predicted molar refractivity (Wildman–Crippen MR) is 61.6 cm³/mol. The van der Waals surface area contributed by atoms with E-state index in [1.165, 1.54) is 0 Å². The van der Waals surface area contributed by atoms with Crippen LogP contribution in [0.25, 0.3) is 0 Å². The van der Waals surface area contributed by atoms with E-state index in [0.717, 1.165) is 16.9 Å². The summed E-state index contributed by atoms with van der Waals surface area (Å²) in [6.45, 7) is 7.79. The second kappa shape index (κ2) is 4.96. The molecule has 1 aromatic carbocycles. The summed E-state index contributed by atoms with van der Waals surface area (Å²) in [5.74, 6) is 1.01. The smallest absolute Gasteiger partial charge is 0.162 e. The quantitative estimate of drug-likeness (QED) is 0.706. The van der Waals surface area contributed by atoms with Crippen LogP contribution in [0.1, 0.15) is 43.1 Å². The van der Waals surface area contributed by atoms with Gasteiger partial charge in [-0.1, -0.05) is 6.92 Å². The van der Waals surface area contributed by atoms with Crippen molar-refractivity contribution in [3.05, 3.63) is 29.3 Å². The highest BCUT2D eigenvalue weighted by molar-refractivity contribution is 5.97. The molecular weight excluding hydrogens is 188 g/mol. The molecule has 0 fully saturated rings. The van der Waals surface area contributed by atoms with Crippen LogP contribution in [0.15, 0.2) is 18.2 Å². The van der Waals surface area contributed by atoms with E-state index < -0.39 is 0 Å². The number of aryl methyl sites for hydroxylation is 1. The van der Waals surface area contributed by atoms with Crippen molar-refractivity contribution in [1.82, 2.24) is 0 Å². The Morgan fingerprint density at radius 2 is 2.07 bits per heavy atom. The van der Waals surface area contributed by atoms with Crippen molar-refractivity contribution >= 4 is 5.78 Å². The highest BCUT2D eigenvalue weighted by Crippen LogP contribution is 2.19. The predicted octanol–water partition coefficient (Wildman–Crippen LogP) is 3.37. The van der Waals surface area contributed by atoms with Gasteiger partial charge in [0.05, 0.1) is 6.10 Å². The molecule has 0 aliphatic heterocycles. The molecule has 0 aliphatic rings. The van der Waals surface area contributed by atoms with Gasteiger partial charge >= 0.3 is 0 Å². The molecule has 0 aliphatic carbocycles. The number of rotatable bonds is 4. The lowest BCUT2D eigenvalue weighted by molar-refractivity contribution is 0.0987. The maximum atomic E-state index is 11.5. The minimum atomic E-state index is 0.164. The largest absolute Gasteiger partial charge is 0.491 e. The molecule has 0 saturated carbocycles. The lowest BCUT2D eigenvalue weighted by Gasteiger charge is -2.11. The van der Waals surface area contributed by atoms with E-state index in [1.807, 2.05) is 45.9 Å². The van der Waals surface area contributed by atoms with Crippen molar-refractivity contribution in [1.29, 1.82) is 0 Å². The molecule has 0 unspecified atom stereocenters. The van der Waals surface area contributed by atoms with Crippen LogP contribution in [0.5, 0.6) is 5.75 Å². The molecule has 2 nitrogen and oxygen atoms in total. The molecule has 0 atom stereocenters. The Morgan fingerprint density at radius 3 is 2.53 bits per heavy atom. The maximum Gasteiger partial charge on any atom is 0.162 e. The monoisotopic (exact) mass is 206 g/mol. The van der Waals surface area contributed by atoms with Gasteiger partial charge in [-0.25, -0.2) is 0 Å². The second-order valence-corrected chi connectivity index (χ2v) is 3.92. The van der Waals surface area contributed by atoms with Crippen LogP contribution in [0.3, 0.4) is 0 Å². The van der Waals surface area contributed by atoms with E-state index in [4.69, 9.17) is 4.74 Å². The summed E-state index contributed by atoms with van der Waals surface area (Å²) in [7, 11) is 0. The minimum absolute atomic E-state index is 0.164. The molecule has 1 rings (SSSR count). The number of hydrogen-bond donors (Lipinski definition) is 0. The summed E-state index contributed by atoms with van der Waals surface area (Å²) < 4.78 is 5.55. The molecule has 0 amide bonds. The van der Waals surface area contributed by atoms with Crippen molar-refractivity contribution in [3.63, 3.8) is 0 Å². The van der Waals surface area contributed by atoms with Gasteiger partial charge in [-0.15, -0.1) is 0 Å².